The zero-order valence-corrected chi connectivity index (χ0v) is 19.0. The summed E-state index contributed by atoms with van der Waals surface area (Å²) in [7, 11) is -3.57. The zero-order valence-electron chi connectivity index (χ0n) is 18.1. The summed E-state index contributed by atoms with van der Waals surface area (Å²) in [6, 6.07) is 26.3. The van der Waals surface area contributed by atoms with Gasteiger partial charge in [-0.05, 0) is 37.1 Å². The summed E-state index contributed by atoms with van der Waals surface area (Å²) in [6.45, 7) is 3.82. The maximum atomic E-state index is 15.0. The Hall–Kier alpha value is -3.29. The van der Waals surface area contributed by atoms with Gasteiger partial charge in [0.15, 0.2) is 0 Å². The van der Waals surface area contributed by atoms with Crippen molar-refractivity contribution in [3.8, 4) is 0 Å². The Morgan fingerprint density at radius 2 is 1.25 bits per heavy atom. The Labute approximate surface area is 188 Å². The SMILES string of the molecule is CC(C)OC1(C(=[N+]=[N-])P(=O)(c2ccccc2)c2ccccc2)C=Cc2ccccc2C=C1. The number of fused-ring (bicyclic) bond motifs is 1. The van der Waals surface area contributed by atoms with Crippen molar-refractivity contribution in [2.75, 3.05) is 0 Å². The topological polar surface area (TPSA) is 62.7 Å². The molecule has 5 heteroatoms. The molecule has 0 aromatic heterocycles. The minimum absolute atomic E-state index is 0.0661. The van der Waals surface area contributed by atoms with Gasteiger partial charge in [0.05, 0.1) is 6.10 Å². The molecule has 0 atom stereocenters. The fourth-order valence-corrected chi connectivity index (χ4v) is 6.82. The molecule has 0 radical (unpaired) electrons. The first-order valence-corrected chi connectivity index (χ1v) is 12.3. The zero-order chi connectivity index (χ0) is 22.6. The Morgan fingerprint density at radius 3 is 1.66 bits per heavy atom. The molecule has 1 aliphatic carbocycles. The Kier molecular flexibility index (Phi) is 6.21. The van der Waals surface area contributed by atoms with Gasteiger partial charge in [-0.3, -0.25) is 0 Å². The molecular weight excluding hydrogens is 415 g/mol. The van der Waals surface area contributed by atoms with Crippen LogP contribution in [0.3, 0.4) is 0 Å². The molecule has 1 aliphatic rings. The lowest BCUT2D eigenvalue weighted by Crippen LogP contribution is -2.44. The molecule has 0 bridgehead atoms. The first kappa shape index (κ1) is 21.9. The van der Waals surface area contributed by atoms with E-state index in [-0.39, 0.29) is 11.6 Å². The largest absolute Gasteiger partial charge is 0.371 e. The summed E-state index contributed by atoms with van der Waals surface area (Å²) in [5.74, 6) is 0. The van der Waals surface area contributed by atoms with E-state index in [9.17, 15) is 10.1 Å². The van der Waals surface area contributed by atoms with E-state index in [4.69, 9.17) is 4.74 Å². The van der Waals surface area contributed by atoms with Crippen molar-refractivity contribution in [1.82, 2.24) is 0 Å². The van der Waals surface area contributed by atoms with Crippen LogP contribution >= 0.6 is 7.14 Å². The second kappa shape index (κ2) is 9.06. The lowest BCUT2D eigenvalue weighted by molar-refractivity contribution is -0.0430. The summed E-state index contributed by atoms with van der Waals surface area (Å²) >= 11 is 0. The molecule has 0 N–H and O–H groups in total. The van der Waals surface area contributed by atoms with Crippen LogP contribution in [0.2, 0.25) is 0 Å². The van der Waals surface area contributed by atoms with Gasteiger partial charge in [-0.25, -0.2) is 0 Å². The van der Waals surface area contributed by atoms with Crippen LogP contribution in [0.1, 0.15) is 25.0 Å². The van der Waals surface area contributed by atoms with Crippen LogP contribution in [0, 0.1) is 0 Å². The van der Waals surface area contributed by atoms with Crippen molar-refractivity contribution < 1.29 is 14.1 Å². The lowest BCUT2D eigenvalue weighted by Gasteiger charge is -2.29. The van der Waals surface area contributed by atoms with Crippen LogP contribution in [0.25, 0.3) is 17.7 Å². The fraction of sp³-hybridized carbons (Fsp3) is 0.148. The highest BCUT2D eigenvalue weighted by Gasteiger charge is 2.53. The Balaban J connectivity index is 1.99. The van der Waals surface area contributed by atoms with Gasteiger partial charge in [-0.1, -0.05) is 97.1 Å². The molecule has 0 aliphatic heterocycles. The van der Waals surface area contributed by atoms with Crippen LogP contribution in [-0.4, -0.2) is 21.9 Å². The van der Waals surface area contributed by atoms with Crippen molar-refractivity contribution in [3.63, 3.8) is 0 Å². The molecule has 0 fully saturated rings. The van der Waals surface area contributed by atoms with E-state index in [0.29, 0.717) is 10.6 Å². The number of benzene rings is 3. The molecule has 32 heavy (non-hydrogen) atoms. The molecule has 0 saturated heterocycles. The summed E-state index contributed by atoms with van der Waals surface area (Å²) in [5.41, 5.74) is 11.2. The minimum atomic E-state index is -3.57. The number of rotatable bonds is 6. The van der Waals surface area contributed by atoms with Gasteiger partial charge in [0, 0.05) is 10.6 Å². The number of hydrogen-bond acceptors (Lipinski definition) is 2. The molecule has 4 nitrogen and oxygen atoms in total. The smallest absolute Gasteiger partial charge is 0.361 e. The van der Waals surface area contributed by atoms with Crippen LogP contribution < -0.4 is 10.6 Å². The molecule has 3 aromatic carbocycles. The molecule has 0 saturated carbocycles. The average Bonchev–Trinajstić information content (AvgIpc) is 3.00. The highest BCUT2D eigenvalue weighted by atomic mass is 31.2. The van der Waals surface area contributed by atoms with Gasteiger partial charge in [0.2, 0.25) is 5.60 Å². The molecule has 4 rings (SSSR count). The third-order valence-corrected chi connectivity index (χ3v) is 8.52. The second-order valence-electron chi connectivity index (χ2n) is 7.96. The van der Waals surface area contributed by atoms with E-state index in [1.54, 1.807) is 24.3 Å². The molecule has 0 unspecified atom stereocenters. The van der Waals surface area contributed by atoms with Crippen molar-refractivity contribution in [2.24, 2.45) is 0 Å². The molecular formula is C27H25N2O2P. The summed E-state index contributed by atoms with van der Waals surface area (Å²) in [6.07, 6.45) is 7.32. The summed E-state index contributed by atoms with van der Waals surface area (Å²) < 4.78 is 21.4. The van der Waals surface area contributed by atoms with E-state index >= 15 is 0 Å². The lowest BCUT2D eigenvalue weighted by atomic mass is 10.0. The van der Waals surface area contributed by atoms with Gasteiger partial charge in [-0.15, -0.1) is 0 Å². The normalized spacial score (nSPS) is 14.5. The maximum Gasteiger partial charge on any atom is 0.371 e. The van der Waals surface area contributed by atoms with Crippen molar-refractivity contribution in [1.29, 1.82) is 0 Å². The molecule has 3 aromatic rings. The number of ether oxygens (including phenoxy) is 1. The molecule has 160 valence electrons. The van der Waals surface area contributed by atoms with Crippen molar-refractivity contribution >= 4 is 35.4 Å². The Bertz CT molecular complexity index is 1180. The minimum Gasteiger partial charge on any atom is -0.361 e. The predicted molar refractivity (Wildman–Crippen MR) is 132 cm³/mol. The van der Waals surface area contributed by atoms with Gasteiger partial charge in [-0.2, -0.15) is 4.79 Å². The average molecular weight is 440 g/mol. The first-order chi connectivity index (χ1) is 15.5. The predicted octanol–water partition coefficient (Wildman–Crippen LogP) is 5.53. The van der Waals surface area contributed by atoms with Crippen molar-refractivity contribution in [2.45, 2.75) is 25.6 Å². The van der Waals surface area contributed by atoms with E-state index < -0.39 is 12.7 Å². The van der Waals surface area contributed by atoms with Crippen LogP contribution in [0.4, 0.5) is 0 Å². The highest BCUT2D eigenvalue weighted by molar-refractivity contribution is 7.93. The van der Waals surface area contributed by atoms with E-state index in [1.165, 1.54) is 0 Å². The third kappa shape index (κ3) is 3.97. The van der Waals surface area contributed by atoms with Gasteiger partial charge < -0.3 is 14.8 Å². The van der Waals surface area contributed by atoms with Crippen LogP contribution in [-0.2, 0) is 9.30 Å². The molecule has 0 amide bonds. The van der Waals surface area contributed by atoms with E-state index in [1.807, 2.05) is 98.8 Å². The standard InChI is InChI=1S/C27H25N2O2P/c1-21(2)31-27(19-17-22-11-9-10-12-23(22)18-20-27)26(29-28)32(30,24-13-5-3-6-14-24)25-15-7-4-8-16-25/h3-21H,1-2H3. The summed E-state index contributed by atoms with van der Waals surface area (Å²) in [4.78, 5) is 3.69. The van der Waals surface area contributed by atoms with E-state index in [0.717, 1.165) is 11.1 Å². The first-order valence-electron chi connectivity index (χ1n) is 10.6. The molecule has 0 spiro atoms. The Morgan fingerprint density at radius 1 is 0.812 bits per heavy atom. The highest BCUT2D eigenvalue weighted by Crippen LogP contribution is 2.50. The van der Waals surface area contributed by atoms with Gasteiger partial charge >= 0.3 is 5.45 Å². The van der Waals surface area contributed by atoms with Gasteiger partial charge in [0.1, 0.15) is 0 Å². The van der Waals surface area contributed by atoms with Crippen LogP contribution in [0.5, 0.6) is 0 Å². The summed E-state index contributed by atoms with van der Waals surface area (Å²) in [5, 5.41) is 1.16. The van der Waals surface area contributed by atoms with E-state index in [2.05, 4.69) is 4.79 Å². The maximum absolute atomic E-state index is 15.0. The monoisotopic (exact) mass is 440 g/mol. The third-order valence-electron chi connectivity index (χ3n) is 5.43. The van der Waals surface area contributed by atoms with Crippen LogP contribution in [0.15, 0.2) is 97.1 Å². The number of hydrogen-bond donors (Lipinski definition) is 0. The second-order valence-corrected chi connectivity index (χ2v) is 10.6. The fourth-order valence-electron chi connectivity index (χ4n) is 4.02. The number of nitrogens with zero attached hydrogens (tertiary/aromatic N) is 2. The van der Waals surface area contributed by atoms with Gasteiger partial charge in [0.25, 0.3) is 7.14 Å². The molecule has 0 heterocycles. The quantitative estimate of drug-likeness (QED) is 0.219. The van der Waals surface area contributed by atoms with Crippen molar-refractivity contribution in [3.05, 3.63) is 114 Å².